The average molecular weight is 349 g/mol. The molecule has 0 bridgehead atoms. The minimum Gasteiger partial charge on any atom is -0.322 e. The van der Waals surface area contributed by atoms with Crippen molar-refractivity contribution in [3.8, 4) is 0 Å². The number of aryl methyl sites for hydroxylation is 2. The Labute approximate surface area is 130 Å². The zero-order chi connectivity index (χ0) is 15.6. The predicted molar refractivity (Wildman–Crippen MR) is 84.7 cm³/mol. The van der Waals surface area contributed by atoms with E-state index in [4.69, 9.17) is 0 Å². The lowest BCUT2D eigenvalue weighted by atomic mass is 10.1. The number of hydrogen-bond acceptors (Lipinski definition) is 3. The lowest BCUT2D eigenvalue weighted by Gasteiger charge is -2.10. The molecule has 0 saturated heterocycles. The molecule has 2 aromatic rings. The Kier molecular flexibility index (Phi) is 4.37. The number of nitro groups is 1. The number of amides is 1. The second-order valence-corrected chi connectivity index (χ2v) is 5.59. The summed E-state index contributed by atoms with van der Waals surface area (Å²) in [5.41, 5.74) is 2.29. The van der Waals surface area contributed by atoms with Gasteiger partial charge in [-0.15, -0.1) is 0 Å². The van der Waals surface area contributed by atoms with Gasteiger partial charge in [0.2, 0.25) is 0 Å². The van der Waals surface area contributed by atoms with Crippen molar-refractivity contribution in [1.29, 1.82) is 0 Å². The molecule has 1 amide bonds. The van der Waals surface area contributed by atoms with Gasteiger partial charge < -0.3 is 5.32 Å². The fourth-order valence-corrected chi connectivity index (χ4v) is 2.36. The average Bonchev–Trinajstić information content (AvgIpc) is 2.42. The number of carbonyl (C=O) groups excluding carboxylic acids is 1. The third kappa shape index (κ3) is 3.46. The van der Waals surface area contributed by atoms with Crippen molar-refractivity contribution in [3.63, 3.8) is 0 Å². The first-order valence-electron chi connectivity index (χ1n) is 6.21. The second kappa shape index (κ2) is 6.05. The van der Waals surface area contributed by atoms with Crippen molar-refractivity contribution < 1.29 is 9.72 Å². The number of nitro benzene ring substituents is 1. The van der Waals surface area contributed by atoms with E-state index in [0.717, 1.165) is 4.47 Å². The molecule has 0 atom stereocenters. The Morgan fingerprint density at radius 3 is 2.52 bits per heavy atom. The summed E-state index contributed by atoms with van der Waals surface area (Å²) in [5.74, 6) is -0.257. The molecule has 2 rings (SSSR count). The molecule has 0 aromatic heterocycles. The fraction of sp³-hybridized carbons (Fsp3) is 0.133. The van der Waals surface area contributed by atoms with Gasteiger partial charge in [-0.25, -0.2) is 0 Å². The maximum Gasteiger partial charge on any atom is 0.272 e. The van der Waals surface area contributed by atoms with Crippen LogP contribution < -0.4 is 5.32 Å². The van der Waals surface area contributed by atoms with Crippen molar-refractivity contribution in [1.82, 2.24) is 0 Å². The predicted octanol–water partition coefficient (Wildman–Crippen LogP) is 4.23. The number of nitrogens with zero attached hydrogens (tertiary/aromatic N) is 1. The van der Waals surface area contributed by atoms with Crippen molar-refractivity contribution in [2.75, 3.05) is 5.32 Å². The van der Waals surface area contributed by atoms with Gasteiger partial charge in [0, 0.05) is 27.4 Å². The summed E-state index contributed by atoms with van der Waals surface area (Å²) in [7, 11) is 0. The Hall–Kier alpha value is -2.21. The van der Waals surface area contributed by atoms with E-state index in [1.807, 2.05) is 6.07 Å². The monoisotopic (exact) mass is 348 g/mol. The van der Waals surface area contributed by atoms with Gasteiger partial charge in [-0.2, -0.15) is 0 Å². The highest BCUT2D eigenvalue weighted by Gasteiger charge is 2.15. The molecule has 2 aromatic carbocycles. The number of nitrogens with one attached hydrogen (secondary N) is 1. The molecule has 6 heteroatoms. The Bertz CT molecular complexity index is 729. The molecule has 0 heterocycles. The molecule has 5 nitrogen and oxygen atoms in total. The SMILES string of the molecule is Cc1cc([N+](=O)[O-])c(C)cc1NC(=O)c1cccc(Br)c1. The minimum absolute atomic E-state index is 0.0490. The Morgan fingerprint density at radius 1 is 1.19 bits per heavy atom. The largest absolute Gasteiger partial charge is 0.322 e. The van der Waals surface area contributed by atoms with E-state index in [1.165, 1.54) is 6.07 Å². The van der Waals surface area contributed by atoms with Gasteiger partial charge in [-0.1, -0.05) is 22.0 Å². The van der Waals surface area contributed by atoms with E-state index >= 15 is 0 Å². The van der Waals surface area contributed by atoms with Crippen molar-refractivity contribution >= 4 is 33.2 Å². The third-order valence-electron chi connectivity index (χ3n) is 3.07. The lowest BCUT2D eigenvalue weighted by Crippen LogP contribution is -2.13. The summed E-state index contributed by atoms with van der Waals surface area (Å²) < 4.78 is 0.812. The van der Waals surface area contributed by atoms with Crippen LogP contribution in [-0.2, 0) is 0 Å². The van der Waals surface area contributed by atoms with Crippen molar-refractivity contribution in [2.45, 2.75) is 13.8 Å². The topological polar surface area (TPSA) is 72.2 Å². The maximum atomic E-state index is 12.2. The summed E-state index contributed by atoms with van der Waals surface area (Å²) in [6.07, 6.45) is 0. The summed E-state index contributed by atoms with van der Waals surface area (Å²) in [6, 6.07) is 10.1. The number of anilines is 1. The van der Waals surface area contributed by atoms with Gasteiger partial charge in [0.15, 0.2) is 0 Å². The molecule has 0 aliphatic rings. The number of halogens is 1. The van der Waals surface area contributed by atoms with Crippen LogP contribution in [0.3, 0.4) is 0 Å². The molecule has 108 valence electrons. The number of hydrogen-bond donors (Lipinski definition) is 1. The zero-order valence-corrected chi connectivity index (χ0v) is 13.1. The molecule has 0 aliphatic carbocycles. The van der Waals surface area contributed by atoms with Crippen molar-refractivity contribution in [3.05, 3.63) is 67.7 Å². The fourth-order valence-electron chi connectivity index (χ4n) is 1.96. The summed E-state index contributed by atoms with van der Waals surface area (Å²) in [4.78, 5) is 22.6. The maximum absolute atomic E-state index is 12.2. The van der Waals surface area contributed by atoms with Gasteiger partial charge in [-0.05, 0) is 43.7 Å². The Balaban J connectivity index is 2.30. The van der Waals surface area contributed by atoms with Gasteiger partial charge in [0.05, 0.1) is 4.92 Å². The molecule has 0 fully saturated rings. The smallest absolute Gasteiger partial charge is 0.272 e. The zero-order valence-electron chi connectivity index (χ0n) is 11.5. The number of carbonyl (C=O) groups is 1. The minimum atomic E-state index is -0.428. The van der Waals surface area contributed by atoms with Gasteiger partial charge >= 0.3 is 0 Å². The van der Waals surface area contributed by atoms with Crippen LogP contribution in [0.2, 0.25) is 0 Å². The second-order valence-electron chi connectivity index (χ2n) is 4.68. The van der Waals surface area contributed by atoms with Crippen LogP contribution in [0.5, 0.6) is 0 Å². The molecule has 0 spiro atoms. The highest BCUT2D eigenvalue weighted by molar-refractivity contribution is 9.10. The van der Waals surface area contributed by atoms with Crippen LogP contribution in [0, 0.1) is 24.0 Å². The van der Waals surface area contributed by atoms with Crippen LogP contribution in [0.4, 0.5) is 11.4 Å². The lowest BCUT2D eigenvalue weighted by molar-refractivity contribution is -0.385. The highest BCUT2D eigenvalue weighted by Crippen LogP contribution is 2.26. The molecular formula is C15H13BrN2O3. The van der Waals surface area contributed by atoms with Crippen LogP contribution in [0.25, 0.3) is 0 Å². The van der Waals surface area contributed by atoms with Crippen LogP contribution in [0.1, 0.15) is 21.5 Å². The van der Waals surface area contributed by atoms with E-state index in [1.54, 1.807) is 38.1 Å². The quantitative estimate of drug-likeness (QED) is 0.666. The molecule has 0 unspecified atom stereocenters. The molecule has 21 heavy (non-hydrogen) atoms. The summed E-state index contributed by atoms with van der Waals surface area (Å²) >= 11 is 3.31. The van der Waals surface area contributed by atoms with E-state index in [2.05, 4.69) is 21.2 Å². The van der Waals surface area contributed by atoms with Crippen LogP contribution in [0.15, 0.2) is 40.9 Å². The van der Waals surface area contributed by atoms with E-state index in [-0.39, 0.29) is 11.6 Å². The van der Waals surface area contributed by atoms with Gasteiger partial charge in [0.1, 0.15) is 0 Å². The molecule has 0 aliphatic heterocycles. The van der Waals surface area contributed by atoms with Gasteiger partial charge in [0.25, 0.3) is 11.6 Å². The standard InChI is InChI=1S/C15H13BrN2O3/c1-9-7-14(18(20)21)10(2)6-13(9)17-15(19)11-4-3-5-12(16)8-11/h3-8H,1-2H3,(H,17,19). The summed E-state index contributed by atoms with van der Waals surface area (Å²) in [5, 5.41) is 13.7. The number of benzene rings is 2. The highest BCUT2D eigenvalue weighted by atomic mass is 79.9. The van der Waals surface area contributed by atoms with Crippen LogP contribution in [-0.4, -0.2) is 10.8 Å². The first kappa shape index (κ1) is 15.2. The third-order valence-corrected chi connectivity index (χ3v) is 3.57. The molecule has 0 saturated carbocycles. The molecule has 1 N–H and O–H groups in total. The first-order chi connectivity index (χ1) is 9.88. The number of rotatable bonds is 3. The van der Waals surface area contributed by atoms with E-state index in [0.29, 0.717) is 22.4 Å². The molecule has 0 radical (unpaired) electrons. The van der Waals surface area contributed by atoms with Crippen molar-refractivity contribution in [2.24, 2.45) is 0 Å². The summed E-state index contributed by atoms with van der Waals surface area (Å²) in [6.45, 7) is 3.37. The molecular weight excluding hydrogens is 336 g/mol. The van der Waals surface area contributed by atoms with Crippen LogP contribution >= 0.6 is 15.9 Å². The first-order valence-corrected chi connectivity index (χ1v) is 7.00. The van der Waals surface area contributed by atoms with E-state index < -0.39 is 4.92 Å². The Morgan fingerprint density at radius 2 is 1.90 bits per heavy atom. The normalized spacial score (nSPS) is 10.2. The van der Waals surface area contributed by atoms with Gasteiger partial charge in [-0.3, -0.25) is 14.9 Å². The van der Waals surface area contributed by atoms with E-state index in [9.17, 15) is 14.9 Å².